The monoisotopic (exact) mass is 402 g/mol. The Morgan fingerprint density at radius 1 is 1.04 bits per heavy atom. The van der Waals surface area contributed by atoms with Crippen LogP contribution in [0.5, 0.6) is 0 Å². The fourth-order valence-corrected chi connectivity index (χ4v) is 3.66. The number of nitrogens with zero attached hydrogens (tertiary/aromatic N) is 1. The molecule has 2 aromatic rings. The second-order valence-corrected chi connectivity index (χ2v) is 9.58. The molecule has 0 spiro atoms. The summed E-state index contributed by atoms with van der Waals surface area (Å²) in [4.78, 5) is 12.2. The van der Waals surface area contributed by atoms with Crippen LogP contribution in [0.1, 0.15) is 47.3 Å². The SMILES string of the molecule is Cc1ccc(N(Cc2ccc(C(=O)NCCC(C)C)cc2)S(C)(=O)=O)cc1C. The standard InChI is InChI=1S/C22H30N2O3S/c1-16(2)12-13-23-22(25)20-9-7-19(8-10-20)15-24(28(5,26)27)21-11-6-17(3)18(4)14-21/h6-11,14,16H,12-13,15H2,1-5H3,(H,23,25). The zero-order valence-corrected chi connectivity index (χ0v) is 18.1. The van der Waals surface area contributed by atoms with Crippen LogP contribution < -0.4 is 9.62 Å². The number of hydrogen-bond acceptors (Lipinski definition) is 3. The molecule has 1 amide bonds. The van der Waals surface area contributed by atoms with Crippen LogP contribution in [0.2, 0.25) is 0 Å². The van der Waals surface area contributed by atoms with E-state index in [-0.39, 0.29) is 12.5 Å². The van der Waals surface area contributed by atoms with Gasteiger partial charge < -0.3 is 5.32 Å². The van der Waals surface area contributed by atoms with Crippen molar-refractivity contribution in [3.05, 3.63) is 64.7 Å². The molecule has 0 aliphatic rings. The molecule has 0 aliphatic heterocycles. The highest BCUT2D eigenvalue weighted by molar-refractivity contribution is 7.92. The molecule has 6 heteroatoms. The second kappa shape index (κ2) is 9.24. The minimum atomic E-state index is -3.44. The molecule has 1 N–H and O–H groups in total. The van der Waals surface area contributed by atoms with Crippen LogP contribution in [0.25, 0.3) is 0 Å². The Labute approximate surface area is 168 Å². The van der Waals surface area contributed by atoms with E-state index in [4.69, 9.17) is 0 Å². The maximum absolute atomic E-state index is 12.3. The van der Waals surface area contributed by atoms with E-state index < -0.39 is 10.0 Å². The normalized spacial score (nSPS) is 11.5. The number of aryl methyl sites for hydroxylation is 2. The van der Waals surface area contributed by atoms with E-state index in [2.05, 4.69) is 19.2 Å². The lowest BCUT2D eigenvalue weighted by Gasteiger charge is -2.23. The second-order valence-electron chi connectivity index (χ2n) is 7.67. The van der Waals surface area contributed by atoms with Gasteiger partial charge in [-0.1, -0.05) is 32.0 Å². The summed E-state index contributed by atoms with van der Waals surface area (Å²) in [6.07, 6.45) is 2.14. The number of amides is 1. The smallest absolute Gasteiger partial charge is 0.251 e. The van der Waals surface area contributed by atoms with Crippen molar-refractivity contribution in [3.63, 3.8) is 0 Å². The number of carbonyl (C=O) groups is 1. The van der Waals surface area contributed by atoms with E-state index in [9.17, 15) is 13.2 Å². The van der Waals surface area contributed by atoms with Gasteiger partial charge in [-0.3, -0.25) is 9.10 Å². The summed E-state index contributed by atoms with van der Waals surface area (Å²) in [6, 6.07) is 12.7. The van der Waals surface area contributed by atoms with E-state index in [1.807, 2.05) is 32.0 Å². The summed E-state index contributed by atoms with van der Waals surface area (Å²) in [6.45, 7) is 9.05. The average molecular weight is 403 g/mol. The largest absolute Gasteiger partial charge is 0.352 e. The highest BCUT2D eigenvalue weighted by atomic mass is 32.2. The predicted octanol–water partition coefficient (Wildman–Crippen LogP) is 4.05. The van der Waals surface area contributed by atoms with Crippen molar-refractivity contribution in [1.29, 1.82) is 0 Å². The number of rotatable bonds is 8. The van der Waals surface area contributed by atoms with Gasteiger partial charge in [0.15, 0.2) is 0 Å². The van der Waals surface area contributed by atoms with Crippen LogP contribution in [0.4, 0.5) is 5.69 Å². The van der Waals surface area contributed by atoms with Gasteiger partial charge in [0.1, 0.15) is 0 Å². The maximum Gasteiger partial charge on any atom is 0.251 e. The quantitative estimate of drug-likeness (QED) is 0.724. The molecule has 5 nitrogen and oxygen atoms in total. The van der Waals surface area contributed by atoms with Crippen LogP contribution in [-0.2, 0) is 16.6 Å². The molecule has 0 heterocycles. The summed E-state index contributed by atoms with van der Waals surface area (Å²) in [7, 11) is -3.44. The van der Waals surface area contributed by atoms with Gasteiger partial charge in [-0.15, -0.1) is 0 Å². The van der Waals surface area contributed by atoms with Crippen LogP contribution in [0.3, 0.4) is 0 Å². The molecule has 152 valence electrons. The first-order valence-electron chi connectivity index (χ1n) is 9.50. The molecular weight excluding hydrogens is 372 g/mol. The van der Waals surface area contributed by atoms with Gasteiger partial charge in [0.05, 0.1) is 18.5 Å². The molecule has 0 atom stereocenters. The average Bonchev–Trinajstić information content (AvgIpc) is 2.61. The summed E-state index contributed by atoms with van der Waals surface area (Å²) in [5.74, 6) is 0.427. The topological polar surface area (TPSA) is 66.5 Å². The van der Waals surface area contributed by atoms with E-state index in [1.54, 1.807) is 24.3 Å². The summed E-state index contributed by atoms with van der Waals surface area (Å²) in [5, 5.41) is 2.91. The minimum absolute atomic E-state index is 0.110. The third kappa shape index (κ3) is 6.09. The number of sulfonamides is 1. The zero-order chi connectivity index (χ0) is 20.9. The molecule has 0 unspecified atom stereocenters. The Hall–Kier alpha value is -2.34. The van der Waals surface area contributed by atoms with Crippen molar-refractivity contribution in [2.45, 2.75) is 40.7 Å². The van der Waals surface area contributed by atoms with Crippen LogP contribution in [0, 0.1) is 19.8 Å². The summed E-state index contributed by atoms with van der Waals surface area (Å²) in [5.41, 5.74) is 4.19. The molecular formula is C22H30N2O3S. The van der Waals surface area contributed by atoms with Crippen molar-refractivity contribution >= 4 is 21.6 Å². The Kier molecular flexibility index (Phi) is 7.24. The summed E-state index contributed by atoms with van der Waals surface area (Å²) < 4.78 is 26.1. The number of benzene rings is 2. The predicted molar refractivity (Wildman–Crippen MR) is 115 cm³/mol. The molecule has 0 saturated heterocycles. The number of carbonyl (C=O) groups excluding carboxylic acids is 1. The number of hydrogen-bond donors (Lipinski definition) is 1. The molecule has 0 saturated carbocycles. The highest BCUT2D eigenvalue weighted by Gasteiger charge is 2.18. The lowest BCUT2D eigenvalue weighted by Crippen LogP contribution is -2.29. The maximum atomic E-state index is 12.3. The lowest BCUT2D eigenvalue weighted by molar-refractivity contribution is 0.0952. The third-order valence-electron chi connectivity index (χ3n) is 4.73. The summed E-state index contributed by atoms with van der Waals surface area (Å²) >= 11 is 0. The van der Waals surface area contributed by atoms with Gasteiger partial charge in [-0.25, -0.2) is 8.42 Å². The molecule has 0 fully saturated rings. The van der Waals surface area contributed by atoms with Crippen molar-refractivity contribution in [2.24, 2.45) is 5.92 Å². The van der Waals surface area contributed by atoms with Crippen molar-refractivity contribution in [3.8, 4) is 0 Å². The fourth-order valence-electron chi connectivity index (χ4n) is 2.78. The van der Waals surface area contributed by atoms with Gasteiger partial charge >= 0.3 is 0 Å². The van der Waals surface area contributed by atoms with Gasteiger partial charge in [0.25, 0.3) is 5.91 Å². The first-order valence-corrected chi connectivity index (χ1v) is 11.3. The molecule has 2 aromatic carbocycles. The van der Waals surface area contributed by atoms with E-state index in [0.29, 0.717) is 23.7 Å². The Balaban J connectivity index is 2.15. The van der Waals surface area contributed by atoms with Crippen molar-refractivity contribution in [2.75, 3.05) is 17.1 Å². The Morgan fingerprint density at radius 3 is 2.21 bits per heavy atom. The van der Waals surface area contributed by atoms with E-state index in [0.717, 1.165) is 23.1 Å². The Bertz CT molecular complexity index is 919. The van der Waals surface area contributed by atoms with Crippen molar-refractivity contribution < 1.29 is 13.2 Å². The van der Waals surface area contributed by atoms with E-state index >= 15 is 0 Å². The van der Waals surface area contributed by atoms with Crippen LogP contribution >= 0.6 is 0 Å². The first-order chi connectivity index (χ1) is 13.1. The Morgan fingerprint density at radius 2 is 1.68 bits per heavy atom. The molecule has 2 rings (SSSR count). The lowest BCUT2D eigenvalue weighted by atomic mass is 10.1. The van der Waals surface area contributed by atoms with Gasteiger partial charge in [0.2, 0.25) is 10.0 Å². The molecule has 0 aliphatic carbocycles. The van der Waals surface area contributed by atoms with Gasteiger partial charge in [-0.05, 0) is 67.1 Å². The minimum Gasteiger partial charge on any atom is -0.352 e. The molecule has 0 aromatic heterocycles. The van der Waals surface area contributed by atoms with Gasteiger partial charge in [0, 0.05) is 12.1 Å². The fraction of sp³-hybridized carbons (Fsp3) is 0.409. The molecule has 0 radical (unpaired) electrons. The number of anilines is 1. The first kappa shape index (κ1) is 22.0. The van der Waals surface area contributed by atoms with Crippen molar-refractivity contribution in [1.82, 2.24) is 5.32 Å². The van der Waals surface area contributed by atoms with E-state index in [1.165, 1.54) is 10.6 Å². The molecule has 0 bridgehead atoms. The molecule has 28 heavy (non-hydrogen) atoms. The van der Waals surface area contributed by atoms with Crippen LogP contribution in [0.15, 0.2) is 42.5 Å². The van der Waals surface area contributed by atoms with Crippen LogP contribution in [-0.4, -0.2) is 27.1 Å². The third-order valence-corrected chi connectivity index (χ3v) is 5.87. The zero-order valence-electron chi connectivity index (χ0n) is 17.3. The highest BCUT2D eigenvalue weighted by Crippen LogP contribution is 2.23. The number of nitrogens with one attached hydrogen (secondary N) is 1. The van der Waals surface area contributed by atoms with Gasteiger partial charge in [-0.2, -0.15) is 0 Å².